The van der Waals surface area contributed by atoms with Crippen LogP contribution in [-0.2, 0) is 4.74 Å². The fourth-order valence-corrected chi connectivity index (χ4v) is 1.09. The van der Waals surface area contributed by atoms with Gasteiger partial charge in [-0.15, -0.1) is 0 Å². The Hall–Kier alpha value is -0.0400. The van der Waals surface area contributed by atoms with Gasteiger partial charge in [0.05, 0.1) is 6.10 Å². The first kappa shape index (κ1) is 6.09. The van der Waals surface area contributed by atoms with Crippen molar-refractivity contribution in [2.75, 3.05) is 7.11 Å². The van der Waals surface area contributed by atoms with Gasteiger partial charge in [-0.1, -0.05) is 13.8 Å². The molecule has 0 aromatic rings. The van der Waals surface area contributed by atoms with Gasteiger partial charge < -0.3 is 4.74 Å². The molecule has 1 radical (unpaired) electrons. The Bertz CT molecular complexity index is 84.4. The van der Waals surface area contributed by atoms with Crippen LogP contribution in [0.25, 0.3) is 0 Å². The zero-order valence-corrected chi connectivity index (χ0v) is 5.77. The molecular formula is C7H13O. The lowest BCUT2D eigenvalue weighted by molar-refractivity contribution is -0.0259. The molecule has 0 aromatic heterocycles. The minimum atomic E-state index is 0.342. The zero-order valence-electron chi connectivity index (χ0n) is 5.77. The Morgan fingerprint density at radius 1 is 1.62 bits per heavy atom. The van der Waals surface area contributed by atoms with Crippen LogP contribution in [0.15, 0.2) is 0 Å². The number of methoxy groups -OCH3 is 1. The van der Waals surface area contributed by atoms with Crippen molar-refractivity contribution in [1.82, 2.24) is 0 Å². The topological polar surface area (TPSA) is 9.23 Å². The number of hydrogen-bond donors (Lipinski definition) is 0. The monoisotopic (exact) mass is 113 g/mol. The van der Waals surface area contributed by atoms with Crippen molar-refractivity contribution in [2.24, 2.45) is 5.41 Å². The molecule has 0 aromatic carbocycles. The molecule has 47 valence electrons. The van der Waals surface area contributed by atoms with Crippen molar-refractivity contribution in [3.05, 3.63) is 6.42 Å². The van der Waals surface area contributed by atoms with Gasteiger partial charge in [-0.25, -0.2) is 0 Å². The predicted octanol–water partition coefficient (Wildman–Crippen LogP) is 1.64. The molecule has 0 N–H and O–H groups in total. The summed E-state index contributed by atoms with van der Waals surface area (Å²) in [4.78, 5) is 0. The van der Waals surface area contributed by atoms with Gasteiger partial charge in [0.25, 0.3) is 0 Å². The fraction of sp³-hybridized carbons (Fsp3) is 0.857. The molecule has 0 heterocycles. The second-order valence-corrected chi connectivity index (χ2v) is 2.99. The van der Waals surface area contributed by atoms with Gasteiger partial charge >= 0.3 is 0 Å². The summed E-state index contributed by atoms with van der Waals surface area (Å²) in [7, 11) is 1.78. The normalized spacial score (nSPS) is 34.1. The van der Waals surface area contributed by atoms with E-state index in [9.17, 15) is 0 Å². The molecule has 0 saturated heterocycles. The highest BCUT2D eigenvalue weighted by Gasteiger charge is 2.38. The minimum absolute atomic E-state index is 0.342. The Morgan fingerprint density at radius 2 is 2.25 bits per heavy atom. The van der Waals surface area contributed by atoms with E-state index in [1.54, 1.807) is 7.11 Å². The van der Waals surface area contributed by atoms with Gasteiger partial charge in [0.1, 0.15) is 0 Å². The third kappa shape index (κ3) is 0.752. The van der Waals surface area contributed by atoms with Crippen LogP contribution < -0.4 is 0 Å². The Labute approximate surface area is 51.0 Å². The van der Waals surface area contributed by atoms with Crippen LogP contribution in [0.4, 0.5) is 0 Å². The van der Waals surface area contributed by atoms with Gasteiger partial charge in [-0.05, 0) is 18.3 Å². The second-order valence-electron chi connectivity index (χ2n) is 2.99. The quantitative estimate of drug-likeness (QED) is 0.502. The van der Waals surface area contributed by atoms with Crippen molar-refractivity contribution in [2.45, 2.75) is 26.4 Å². The summed E-state index contributed by atoms with van der Waals surface area (Å²) in [6.07, 6.45) is 3.90. The van der Waals surface area contributed by atoms with E-state index in [1.165, 1.54) is 0 Å². The van der Waals surface area contributed by atoms with Crippen molar-refractivity contribution in [3.8, 4) is 0 Å². The maximum Gasteiger partial charge on any atom is 0.0628 e. The van der Waals surface area contributed by atoms with Crippen LogP contribution in [0.2, 0.25) is 0 Å². The average molecular weight is 113 g/mol. The molecule has 8 heavy (non-hydrogen) atoms. The summed E-state index contributed by atoms with van der Waals surface area (Å²) in [5.74, 6) is 0. The molecular weight excluding hydrogens is 100 g/mol. The van der Waals surface area contributed by atoms with E-state index in [0.29, 0.717) is 11.5 Å². The summed E-state index contributed by atoms with van der Waals surface area (Å²) >= 11 is 0. The molecule has 1 heteroatoms. The molecule has 1 unspecified atom stereocenters. The van der Waals surface area contributed by atoms with E-state index < -0.39 is 0 Å². The number of hydrogen-bond acceptors (Lipinski definition) is 1. The van der Waals surface area contributed by atoms with Crippen molar-refractivity contribution in [1.29, 1.82) is 0 Å². The number of rotatable bonds is 1. The molecule has 0 spiro atoms. The highest BCUT2D eigenvalue weighted by molar-refractivity contribution is 5.04. The van der Waals surface area contributed by atoms with E-state index in [1.807, 2.05) is 0 Å². The highest BCUT2D eigenvalue weighted by Crippen LogP contribution is 2.40. The van der Waals surface area contributed by atoms with Gasteiger partial charge in [0, 0.05) is 7.11 Å². The van der Waals surface area contributed by atoms with Crippen molar-refractivity contribution < 1.29 is 4.74 Å². The third-order valence-electron chi connectivity index (χ3n) is 1.97. The summed E-state index contributed by atoms with van der Waals surface area (Å²) in [5.41, 5.74) is 0.342. The summed E-state index contributed by atoms with van der Waals surface area (Å²) in [5, 5.41) is 0. The molecule has 1 aliphatic carbocycles. The molecule has 1 rings (SSSR count). The molecule has 1 saturated carbocycles. The van der Waals surface area contributed by atoms with E-state index in [-0.39, 0.29) is 0 Å². The molecule has 0 amide bonds. The van der Waals surface area contributed by atoms with Crippen LogP contribution >= 0.6 is 0 Å². The zero-order chi connectivity index (χ0) is 6.20. The molecule has 0 bridgehead atoms. The van der Waals surface area contributed by atoms with Gasteiger partial charge in [-0.2, -0.15) is 0 Å². The highest BCUT2D eigenvalue weighted by atomic mass is 16.5. The largest absolute Gasteiger partial charge is 0.381 e. The maximum atomic E-state index is 5.17. The SMILES string of the molecule is COC1C[CH]C1(C)C. The molecule has 1 fully saturated rings. The molecule has 1 aliphatic rings. The van der Waals surface area contributed by atoms with Gasteiger partial charge in [0.2, 0.25) is 0 Å². The first-order chi connectivity index (χ1) is 3.67. The van der Waals surface area contributed by atoms with E-state index in [4.69, 9.17) is 4.74 Å². The lowest BCUT2D eigenvalue weighted by atomic mass is 9.69. The predicted molar refractivity (Wildman–Crippen MR) is 33.5 cm³/mol. The van der Waals surface area contributed by atoms with Crippen LogP contribution in [-0.4, -0.2) is 13.2 Å². The smallest absolute Gasteiger partial charge is 0.0628 e. The van der Waals surface area contributed by atoms with Crippen molar-refractivity contribution in [3.63, 3.8) is 0 Å². The van der Waals surface area contributed by atoms with E-state index in [0.717, 1.165) is 6.42 Å². The summed E-state index contributed by atoms with van der Waals surface area (Å²) in [6, 6.07) is 0. The Balaban J connectivity index is 2.37. The lowest BCUT2D eigenvalue weighted by Crippen LogP contribution is -2.41. The fourth-order valence-electron chi connectivity index (χ4n) is 1.09. The van der Waals surface area contributed by atoms with Crippen LogP contribution in [0.3, 0.4) is 0 Å². The standard InChI is InChI=1S/C7H13O/c1-7(2)5-4-6(7)8-3/h5-6H,4H2,1-3H3. The third-order valence-corrected chi connectivity index (χ3v) is 1.97. The molecule has 0 aliphatic heterocycles. The first-order valence-corrected chi connectivity index (χ1v) is 3.04. The van der Waals surface area contributed by atoms with Crippen molar-refractivity contribution >= 4 is 0 Å². The summed E-state index contributed by atoms with van der Waals surface area (Å²) < 4.78 is 5.17. The lowest BCUT2D eigenvalue weighted by Gasteiger charge is -2.42. The summed E-state index contributed by atoms with van der Waals surface area (Å²) in [6.45, 7) is 4.40. The molecule has 1 nitrogen and oxygen atoms in total. The Morgan fingerprint density at radius 3 is 2.25 bits per heavy atom. The van der Waals surface area contributed by atoms with Gasteiger partial charge in [-0.3, -0.25) is 0 Å². The van der Waals surface area contributed by atoms with Gasteiger partial charge in [0.15, 0.2) is 0 Å². The Kier molecular flexibility index (Phi) is 1.31. The first-order valence-electron chi connectivity index (χ1n) is 3.04. The average Bonchev–Trinajstić information content (AvgIpc) is 1.66. The van der Waals surface area contributed by atoms with Crippen LogP contribution in [0.5, 0.6) is 0 Å². The minimum Gasteiger partial charge on any atom is -0.381 e. The van der Waals surface area contributed by atoms with Crippen LogP contribution in [0.1, 0.15) is 20.3 Å². The maximum absolute atomic E-state index is 5.17. The van der Waals surface area contributed by atoms with E-state index in [2.05, 4.69) is 20.3 Å². The van der Waals surface area contributed by atoms with Crippen LogP contribution in [0, 0.1) is 11.8 Å². The number of ether oxygens (including phenoxy) is 1. The van der Waals surface area contributed by atoms with E-state index >= 15 is 0 Å². The molecule has 1 atom stereocenters. The second kappa shape index (κ2) is 1.73.